The number of unbranched alkanes of at least 4 members (excludes halogenated alkanes) is 1. The van der Waals surface area contributed by atoms with E-state index in [1.54, 1.807) is 43.3 Å². The van der Waals surface area contributed by atoms with Crippen LogP contribution in [-0.4, -0.2) is 44.3 Å². The maximum absolute atomic E-state index is 14.0. The number of anilines is 1. The van der Waals surface area contributed by atoms with Gasteiger partial charge in [-0.25, -0.2) is 8.42 Å². The summed E-state index contributed by atoms with van der Waals surface area (Å²) < 4.78 is 28.6. The van der Waals surface area contributed by atoms with E-state index in [-0.39, 0.29) is 27.2 Å². The van der Waals surface area contributed by atoms with E-state index in [9.17, 15) is 18.0 Å². The Bertz CT molecular complexity index is 1430. The van der Waals surface area contributed by atoms with E-state index in [1.807, 2.05) is 6.92 Å². The average Bonchev–Trinajstić information content (AvgIpc) is 2.93. The fraction of sp³-hybridized carbons (Fsp3) is 0.286. The molecule has 0 spiro atoms. The lowest BCUT2D eigenvalue weighted by molar-refractivity contribution is -0.139. The van der Waals surface area contributed by atoms with Crippen molar-refractivity contribution < 1.29 is 18.0 Å². The van der Waals surface area contributed by atoms with Crippen molar-refractivity contribution in [1.29, 1.82) is 0 Å². The van der Waals surface area contributed by atoms with Crippen LogP contribution in [-0.2, 0) is 26.2 Å². The molecule has 0 aliphatic rings. The monoisotopic (exact) mass is 643 g/mol. The highest BCUT2D eigenvalue weighted by molar-refractivity contribution is 7.92. The predicted octanol–water partition coefficient (Wildman–Crippen LogP) is 6.83. The standard InChI is InChI=1S/C28H29Cl4N3O4S/c1-3-4-16-33-28(37)19(2)34(17-21-22(29)12-8-13-23(21)30)26(36)18-35(25-15-9-14-24(31)27(25)32)40(38,39)20-10-6-5-7-11-20/h5-15,19H,3-4,16-18H2,1-2H3,(H,33,37)/t19-/m0/s1. The zero-order valence-corrected chi connectivity index (χ0v) is 25.8. The van der Waals surface area contributed by atoms with Crippen LogP contribution in [0.3, 0.4) is 0 Å². The molecule has 1 atom stereocenters. The third kappa shape index (κ3) is 7.62. The second-order valence-corrected chi connectivity index (χ2v) is 12.4. The summed E-state index contributed by atoms with van der Waals surface area (Å²) in [6, 6.07) is 16.1. The summed E-state index contributed by atoms with van der Waals surface area (Å²) >= 11 is 25.4. The number of hydrogen-bond acceptors (Lipinski definition) is 4. The van der Waals surface area contributed by atoms with E-state index in [0.29, 0.717) is 22.2 Å². The van der Waals surface area contributed by atoms with Gasteiger partial charge in [-0.2, -0.15) is 0 Å². The van der Waals surface area contributed by atoms with E-state index >= 15 is 0 Å². The summed E-state index contributed by atoms with van der Waals surface area (Å²) in [5.74, 6) is -1.08. The molecule has 40 heavy (non-hydrogen) atoms. The Labute approximate surface area is 255 Å². The minimum Gasteiger partial charge on any atom is -0.354 e. The highest BCUT2D eigenvalue weighted by atomic mass is 35.5. The third-order valence-corrected chi connectivity index (χ3v) is 9.49. The molecule has 12 heteroatoms. The Morgan fingerprint density at radius 3 is 2.10 bits per heavy atom. The van der Waals surface area contributed by atoms with Crippen molar-refractivity contribution in [3.8, 4) is 0 Å². The number of hydrogen-bond donors (Lipinski definition) is 1. The molecule has 0 saturated heterocycles. The Kier molecular flexibility index (Phi) is 11.5. The van der Waals surface area contributed by atoms with Gasteiger partial charge in [0.2, 0.25) is 11.8 Å². The lowest BCUT2D eigenvalue weighted by Gasteiger charge is -2.32. The van der Waals surface area contributed by atoms with Gasteiger partial charge in [0.05, 0.1) is 20.6 Å². The fourth-order valence-corrected chi connectivity index (χ4v) is 6.30. The summed E-state index contributed by atoms with van der Waals surface area (Å²) in [5.41, 5.74) is 0.438. The van der Waals surface area contributed by atoms with Crippen molar-refractivity contribution in [2.45, 2.75) is 44.2 Å². The predicted molar refractivity (Wildman–Crippen MR) is 162 cm³/mol. The van der Waals surface area contributed by atoms with Crippen LogP contribution in [0, 0.1) is 0 Å². The number of carbonyl (C=O) groups excluding carboxylic acids is 2. The van der Waals surface area contributed by atoms with Gasteiger partial charge in [0.15, 0.2) is 0 Å². The molecular formula is C28H29Cl4N3O4S. The second-order valence-electron chi connectivity index (χ2n) is 8.94. The van der Waals surface area contributed by atoms with Crippen molar-refractivity contribution in [3.05, 3.63) is 92.4 Å². The number of amides is 2. The largest absolute Gasteiger partial charge is 0.354 e. The smallest absolute Gasteiger partial charge is 0.264 e. The molecule has 0 unspecified atom stereocenters. The number of nitrogens with one attached hydrogen (secondary N) is 1. The van der Waals surface area contributed by atoms with Crippen molar-refractivity contribution in [1.82, 2.24) is 10.2 Å². The van der Waals surface area contributed by atoms with Gasteiger partial charge < -0.3 is 10.2 Å². The highest BCUT2D eigenvalue weighted by Crippen LogP contribution is 2.36. The molecule has 0 aromatic heterocycles. The van der Waals surface area contributed by atoms with Crippen molar-refractivity contribution >= 4 is 73.9 Å². The van der Waals surface area contributed by atoms with Crippen LogP contribution in [0.25, 0.3) is 0 Å². The fourth-order valence-electron chi connectivity index (χ4n) is 3.89. The van der Waals surface area contributed by atoms with Crippen LogP contribution >= 0.6 is 46.4 Å². The lowest BCUT2D eigenvalue weighted by atomic mass is 10.1. The van der Waals surface area contributed by atoms with E-state index in [1.165, 1.54) is 35.2 Å². The molecule has 3 aromatic rings. The van der Waals surface area contributed by atoms with Gasteiger partial charge >= 0.3 is 0 Å². The molecule has 3 rings (SSSR count). The molecule has 3 aromatic carbocycles. The van der Waals surface area contributed by atoms with E-state index < -0.39 is 34.4 Å². The maximum atomic E-state index is 14.0. The molecule has 0 radical (unpaired) electrons. The Hall–Kier alpha value is -2.49. The topological polar surface area (TPSA) is 86.8 Å². The number of halogens is 4. The minimum absolute atomic E-state index is 0.0159. The summed E-state index contributed by atoms with van der Waals surface area (Å²) in [5, 5.41) is 3.50. The molecule has 0 aliphatic heterocycles. The van der Waals surface area contributed by atoms with Gasteiger partial charge in [-0.05, 0) is 49.7 Å². The Morgan fingerprint density at radius 1 is 0.875 bits per heavy atom. The van der Waals surface area contributed by atoms with Crippen LogP contribution < -0.4 is 9.62 Å². The van der Waals surface area contributed by atoms with Crippen LogP contribution in [0.1, 0.15) is 32.3 Å². The van der Waals surface area contributed by atoms with Crippen LogP contribution in [0.4, 0.5) is 5.69 Å². The molecule has 1 N–H and O–H groups in total. The van der Waals surface area contributed by atoms with Gasteiger partial charge in [0.1, 0.15) is 12.6 Å². The average molecular weight is 645 g/mol. The SMILES string of the molecule is CCCCNC(=O)[C@H](C)N(Cc1c(Cl)cccc1Cl)C(=O)CN(c1cccc(Cl)c1Cl)S(=O)(=O)c1ccccc1. The normalized spacial score (nSPS) is 12.1. The van der Waals surface area contributed by atoms with Gasteiger partial charge in [-0.1, -0.05) is 90.1 Å². The highest BCUT2D eigenvalue weighted by Gasteiger charge is 2.34. The van der Waals surface area contributed by atoms with E-state index in [2.05, 4.69) is 5.32 Å². The molecule has 0 saturated carbocycles. The van der Waals surface area contributed by atoms with Crippen LogP contribution in [0.2, 0.25) is 20.1 Å². The summed E-state index contributed by atoms with van der Waals surface area (Å²) in [6.45, 7) is 3.18. The van der Waals surface area contributed by atoms with Crippen molar-refractivity contribution in [2.24, 2.45) is 0 Å². The molecule has 0 heterocycles. The van der Waals surface area contributed by atoms with Crippen molar-refractivity contribution in [3.63, 3.8) is 0 Å². The Balaban J connectivity index is 2.07. The summed E-state index contributed by atoms with van der Waals surface area (Å²) in [7, 11) is -4.28. The van der Waals surface area contributed by atoms with Crippen molar-refractivity contribution in [2.75, 3.05) is 17.4 Å². The molecule has 0 aliphatic carbocycles. The van der Waals surface area contributed by atoms with Gasteiger partial charge in [-0.3, -0.25) is 13.9 Å². The van der Waals surface area contributed by atoms with Gasteiger partial charge in [0, 0.05) is 28.7 Å². The first-order valence-electron chi connectivity index (χ1n) is 12.5. The van der Waals surface area contributed by atoms with Crippen LogP contribution in [0.5, 0.6) is 0 Å². The quantitative estimate of drug-likeness (QED) is 0.219. The molecule has 0 fully saturated rings. The number of benzene rings is 3. The Morgan fingerprint density at radius 2 is 1.48 bits per heavy atom. The van der Waals surface area contributed by atoms with E-state index in [0.717, 1.165) is 17.1 Å². The molecule has 2 amide bonds. The number of sulfonamides is 1. The zero-order chi connectivity index (χ0) is 29.4. The zero-order valence-electron chi connectivity index (χ0n) is 21.9. The number of nitrogens with zero attached hydrogens (tertiary/aromatic N) is 2. The first kappa shape index (κ1) is 32.0. The lowest BCUT2D eigenvalue weighted by Crippen LogP contribution is -2.51. The number of rotatable bonds is 12. The van der Waals surface area contributed by atoms with Gasteiger partial charge in [0.25, 0.3) is 10.0 Å². The maximum Gasteiger partial charge on any atom is 0.264 e. The van der Waals surface area contributed by atoms with E-state index in [4.69, 9.17) is 46.4 Å². The van der Waals surface area contributed by atoms with Gasteiger partial charge in [-0.15, -0.1) is 0 Å². The second kappa shape index (κ2) is 14.4. The van der Waals surface area contributed by atoms with Crippen LogP contribution in [0.15, 0.2) is 71.6 Å². The molecule has 0 bridgehead atoms. The molecule has 214 valence electrons. The molecule has 7 nitrogen and oxygen atoms in total. The minimum atomic E-state index is -4.28. The third-order valence-electron chi connectivity index (χ3n) is 6.20. The molecular weight excluding hydrogens is 616 g/mol. The first-order chi connectivity index (χ1) is 19.0. The summed E-state index contributed by atoms with van der Waals surface area (Å²) in [6.07, 6.45) is 1.64. The summed E-state index contributed by atoms with van der Waals surface area (Å²) in [4.78, 5) is 28.2. The first-order valence-corrected chi connectivity index (χ1v) is 15.5. The number of carbonyl (C=O) groups is 2.